The Morgan fingerprint density at radius 1 is 1.50 bits per heavy atom. The Morgan fingerprint density at radius 2 is 2.10 bits per heavy atom. The van der Waals surface area contributed by atoms with Crippen molar-refractivity contribution in [1.82, 2.24) is 10.6 Å². The fourth-order valence-electron chi connectivity index (χ4n) is 1.87. The number of nitrogens with one attached hydrogen (secondary N) is 2. The molecule has 1 saturated heterocycles. The van der Waals surface area contributed by atoms with E-state index in [4.69, 9.17) is 0 Å². The third-order valence-corrected chi connectivity index (χ3v) is 2.46. The van der Waals surface area contributed by atoms with Crippen molar-refractivity contribution in [2.24, 2.45) is 11.8 Å². The summed E-state index contributed by atoms with van der Waals surface area (Å²) in [6.45, 7) is 3.77. The summed E-state index contributed by atoms with van der Waals surface area (Å²) in [5, 5.41) is 6.21. The summed E-state index contributed by atoms with van der Waals surface area (Å²) < 4.78 is 0. The Kier molecular flexibility index (Phi) is 1.20. The average molecular weight is 140 g/mol. The first-order chi connectivity index (χ1) is 4.79. The summed E-state index contributed by atoms with van der Waals surface area (Å²) >= 11 is 0. The van der Waals surface area contributed by atoms with Crippen LogP contribution in [0, 0.1) is 11.8 Å². The highest BCUT2D eigenvalue weighted by Crippen LogP contribution is 2.41. The Morgan fingerprint density at radius 3 is 2.60 bits per heavy atom. The van der Waals surface area contributed by atoms with Crippen LogP contribution in [0.5, 0.6) is 0 Å². The van der Waals surface area contributed by atoms with Crippen molar-refractivity contribution >= 4 is 5.91 Å². The largest absolute Gasteiger partial charge is 0.353 e. The number of amides is 1. The third-order valence-electron chi connectivity index (χ3n) is 2.46. The SMILES string of the molecule is CC(=O)NC1[C@H]2CNC[C@@H]12. The number of hydrogen-bond donors (Lipinski definition) is 2. The molecule has 0 aromatic rings. The lowest BCUT2D eigenvalue weighted by molar-refractivity contribution is -0.119. The minimum atomic E-state index is 0.111. The van der Waals surface area contributed by atoms with Gasteiger partial charge in [-0.2, -0.15) is 0 Å². The molecule has 2 aliphatic rings. The van der Waals surface area contributed by atoms with Crippen molar-refractivity contribution < 1.29 is 4.79 Å². The molecule has 2 fully saturated rings. The van der Waals surface area contributed by atoms with Crippen LogP contribution in [0.2, 0.25) is 0 Å². The molecule has 1 heterocycles. The molecular formula is C7H12N2O. The minimum absolute atomic E-state index is 0.111. The first-order valence-electron chi connectivity index (χ1n) is 3.77. The normalized spacial score (nSPS) is 42.7. The Labute approximate surface area is 60.2 Å². The number of carbonyl (C=O) groups is 1. The smallest absolute Gasteiger partial charge is 0.217 e. The summed E-state index contributed by atoms with van der Waals surface area (Å²) in [7, 11) is 0. The van der Waals surface area contributed by atoms with Gasteiger partial charge in [-0.25, -0.2) is 0 Å². The van der Waals surface area contributed by atoms with E-state index in [9.17, 15) is 4.79 Å². The van der Waals surface area contributed by atoms with Crippen molar-refractivity contribution in [2.75, 3.05) is 13.1 Å². The van der Waals surface area contributed by atoms with Gasteiger partial charge in [-0.05, 0) is 11.8 Å². The van der Waals surface area contributed by atoms with Gasteiger partial charge in [0.05, 0.1) is 0 Å². The number of hydrogen-bond acceptors (Lipinski definition) is 2. The second-order valence-electron chi connectivity index (χ2n) is 3.21. The first-order valence-corrected chi connectivity index (χ1v) is 3.77. The van der Waals surface area contributed by atoms with Crippen molar-refractivity contribution in [3.63, 3.8) is 0 Å². The minimum Gasteiger partial charge on any atom is -0.353 e. The maximum Gasteiger partial charge on any atom is 0.217 e. The Bertz CT molecular complexity index is 159. The van der Waals surface area contributed by atoms with Crippen molar-refractivity contribution in [1.29, 1.82) is 0 Å². The molecule has 1 amide bonds. The molecule has 0 aromatic carbocycles. The quantitative estimate of drug-likeness (QED) is 0.507. The summed E-state index contributed by atoms with van der Waals surface area (Å²) in [6, 6.07) is 0.499. The van der Waals surface area contributed by atoms with Crippen LogP contribution in [0.1, 0.15) is 6.92 Å². The summed E-state index contributed by atoms with van der Waals surface area (Å²) in [4.78, 5) is 10.6. The van der Waals surface area contributed by atoms with Crippen molar-refractivity contribution in [3.05, 3.63) is 0 Å². The zero-order chi connectivity index (χ0) is 7.14. The van der Waals surface area contributed by atoms with Crippen LogP contribution < -0.4 is 10.6 Å². The van der Waals surface area contributed by atoms with Crippen LogP contribution in [0.15, 0.2) is 0 Å². The van der Waals surface area contributed by atoms with Crippen LogP contribution in [0.25, 0.3) is 0 Å². The van der Waals surface area contributed by atoms with Crippen molar-refractivity contribution in [2.45, 2.75) is 13.0 Å². The molecule has 0 spiro atoms. The van der Waals surface area contributed by atoms with E-state index in [1.165, 1.54) is 0 Å². The molecule has 1 aliphatic heterocycles. The standard InChI is InChI=1S/C7H12N2O/c1-4(10)9-7-5-2-8-3-6(5)7/h5-8H,2-3H2,1H3,(H,9,10)/t5-,6+,7?. The van der Waals surface area contributed by atoms with Gasteiger partial charge in [0.25, 0.3) is 0 Å². The molecule has 3 nitrogen and oxygen atoms in total. The van der Waals surface area contributed by atoms with E-state index in [-0.39, 0.29) is 5.91 Å². The molecule has 2 rings (SSSR count). The topological polar surface area (TPSA) is 41.1 Å². The third kappa shape index (κ3) is 0.814. The molecule has 0 radical (unpaired) electrons. The number of rotatable bonds is 1. The van der Waals surface area contributed by atoms with E-state index in [1.54, 1.807) is 6.92 Å². The highest BCUT2D eigenvalue weighted by atomic mass is 16.1. The molecule has 1 aliphatic carbocycles. The lowest BCUT2D eigenvalue weighted by Gasteiger charge is -2.03. The lowest BCUT2D eigenvalue weighted by Crippen LogP contribution is -2.30. The molecule has 1 saturated carbocycles. The van der Waals surface area contributed by atoms with Gasteiger partial charge >= 0.3 is 0 Å². The second-order valence-corrected chi connectivity index (χ2v) is 3.21. The van der Waals surface area contributed by atoms with Gasteiger partial charge in [0, 0.05) is 26.1 Å². The number of carbonyl (C=O) groups excluding carboxylic acids is 1. The van der Waals surface area contributed by atoms with E-state index in [0.29, 0.717) is 6.04 Å². The fraction of sp³-hybridized carbons (Fsp3) is 0.857. The maximum absolute atomic E-state index is 10.6. The summed E-state index contributed by atoms with van der Waals surface area (Å²) in [5.41, 5.74) is 0. The molecule has 3 heteroatoms. The van der Waals surface area contributed by atoms with E-state index >= 15 is 0 Å². The van der Waals surface area contributed by atoms with Crippen LogP contribution in [0.3, 0.4) is 0 Å². The van der Waals surface area contributed by atoms with Gasteiger partial charge in [0.2, 0.25) is 5.91 Å². The van der Waals surface area contributed by atoms with Crippen LogP contribution >= 0.6 is 0 Å². The monoisotopic (exact) mass is 140 g/mol. The van der Waals surface area contributed by atoms with Gasteiger partial charge in [-0.15, -0.1) is 0 Å². The predicted molar refractivity (Wildman–Crippen MR) is 37.5 cm³/mol. The summed E-state index contributed by atoms with van der Waals surface area (Å²) in [6.07, 6.45) is 0. The zero-order valence-corrected chi connectivity index (χ0v) is 6.05. The van der Waals surface area contributed by atoms with Crippen LogP contribution in [0.4, 0.5) is 0 Å². The van der Waals surface area contributed by atoms with Crippen LogP contribution in [-0.4, -0.2) is 25.0 Å². The van der Waals surface area contributed by atoms with Gasteiger partial charge < -0.3 is 10.6 Å². The fourth-order valence-corrected chi connectivity index (χ4v) is 1.87. The van der Waals surface area contributed by atoms with Crippen LogP contribution in [-0.2, 0) is 4.79 Å². The first kappa shape index (κ1) is 6.16. The molecular weight excluding hydrogens is 128 g/mol. The summed E-state index contributed by atoms with van der Waals surface area (Å²) in [5.74, 6) is 1.59. The van der Waals surface area contributed by atoms with E-state index in [1.807, 2.05) is 0 Å². The Balaban J connectivity index is 1.84. The molecule has 10 heavy (non-hydrogen) atoms. The Hall–Kier alpha value is -0.570. The lowest BCUT2D eigenvalue weighted by atomic mass is 10.4. The van der Waals surface area contributed by atoms with E-state index < -0.39 is 0 Å². The predicted octanol–water partition coefficient (Wildman–Crippen LogP) is -0.660. The number of piperidine rings is 1. The average Bonchev–Trinajstić information content (AvgIpc) is 2.40. The van der Waals surface area contributed by atoms with Gasteiger partial charge in [-0.3, -0.25) is 4.79 Å². The molecule has 0 aromatic heterocycles. The second kappa shape index (κ2) is 1.95. The van der Waals surface area contributed by atoms with E-state index in [0.717, 1.165) is 24.9 Å². The molecule has 1 unspecified atom stereocenters. The van der Waals surface area contributed by atoms with E-state index in [2.05, 4.69) is 10.6 Å². The van der Waals surface area contributed by atoms with Gasteiger partial charge in [0.15, 0.2) is 0 Å². The van der Waals surface area contributed by atoms with Gasteiger partial charge in [-0.1, -0.05) is 0 Å². The molecule has 3 atom stereocenters. The van der Waals surface area contributed by atoms with Gasteiger partial charge in [0.1, 0.15) is 0 Å². The molecule has 0 bridgehead atoms. The van der Waals surface area contributed by atoms with Crippen molar-refractivity contribution in [3.8, 4) is 0 Å². The molecule has 2 N–H and O–H groups in total. The zero-order valence-electron chi connectivity index (χ0n) is 6.05. The highest BCUT2D eigenvalue weighted by molar-refractivity contribution is 5.73. The maximum atomic E-state index is 10.6. The molecule has 56 valence electrons. The highest BCUT2D eigenvalue weighted by Gasteiger charge is 2.53. The number of fused-ring (bicyclic) bond motifs is 1.